The number of hydrogen-bond donors (Lipinski definition) is 1. The van der Waals surface area contributed by atoms with Crippen molar-refractivity contribution in [2.45, 2.75) is 32.4 Å². The summed E-state index contributed by atoms with van der Waals surface area (Å²) >= 11 is 12.8. The predicted molar refractivity (Wildman–Crippen MR) is 156 cm³/mol. The normalized spacial score (nSPS) is 15.4. The predicted octanol–water partition coefficient (Wildman–Crippen LogP) is 5.32. The zero-order chi connectivity index (χ0) is 29.1. The zero-order valence-corrected chi connectivity index (χ0v) is 24.2. The third-order valence-electron chi connectivity index (χ3n) is 7.60. The van der Waals surface area contributed by atoms with Crippen molar-refractivity contribution >= 4 is 35.0 Å². The van der Waals surface area contributed by atoms with Crippen molar-refractivity contribution in [2.24, 2.45) is 5.73 Å². The molecule has 0 atom stereocenters. The van der Waals surface area contributed by atoms with E-state index in [1.54, 1.807) is 47.2 Å². The molecular weight excluding hydrogens is 565 g/mol. The summed E-state index contributed by atoms with van der Waals surface area (Å²) in [6.45, 7) is 4.67. The molecule has 6 rings (SSSR count). The molecule has 0 unspecified atom stereocenters. The number of fused-ring (bicyclic) bond motifs is 3. The molecule has 1 fully saturated rings. The molecule has 3 heterocycles. The molecule has 0 saturated carbocycles. The minimum Gasteiger partial charge on any atom is -0.496 e. The molecule has 2 aromatic carbocycles. The van der Waals surface area contributed by atoms with Crippen molar-refractivity contribution in [1.29, 1.82) is 0 Å². The van der Waals surface area contributed by atoms with Gasteiger partial charge in [-0.15, -0.1) is 0 Å². The Morgan fingerprint density at radius 1 is 1.02 bits per heavy atom. The van der Waals surface area contributed by atoms with E-state index in [9.17, 15) is 9.59 Å². The quantitative estimate of drug-likeness (QED) is 0.336. The molecule has 1 aliphatic carbocycles. The Morgan fingerprint density at radius 2 is 1.78 bits per heavy atom. The van der Waals surface area contributed by atoms with E-state index in [0.29, 0.717) is 64.3 Å². The van der Waals surface area contributed by atoms with Crippen LogP contribution in [0, 0.1) is 0 Å². The number of pyridine rings is 1. The van der Waals surface area contributed by atoms with E-state index in [2.05, 4.69) is 4.98 Å². The molecule has 2 amide bonds. The second-order valence-electron chi connectivity index (χ2n) is 10.5. The van der Waals surface area contributed by atoms with Crippen molar-refractivity contribution in [3.05, 3.63) is 81.2 Å². The summed E-state index contributed by atoms with van der Waals surface area (Å²) in [7, 11) is 1.60. The first kappa shape index (κ1) is 27.3. The molecule has 4 aromatic rings. The largest absolute Gasteiger partial charge is 0.496 e. The van der Waals surface area contributed by atoms with Crippen LogP contribution in [0.15, 0.2) is 48.8 Å². The molecule has 9 nitrogen and oxygen atoms in total. The fraction of sp³-hybridized carbons (Fsp3) is 0.267. The average Bonchev–Trinajstić information content (AvgIpc) is 3.51. The van der Waals surface area contributed by atoms with Crippen molar-refractivity contribution < 1.29 is 19.1 Å². The molecule has 41 heavy (non-hydrogen) atoms. The highest BCUT2D eigenvalue weighted by molar-refractivity contribution is 6.34. The van der Waals surface area contributed by atoms with E-state index in [-0.39, 0.29) is 11.5 Å². The summed E-state index contributed by atoms with van der Waals surface area (Å²) in [5, 5.41) is 5.77. The van der Waals surface area contributed by atoms with Gasteiger partial charge in [0, 0.05) is 51.2 Å². The standard InChI is InChI=1S/C30H27Cl2N5O4/c1-30(2)36(6-7-41-30)29(39)26-22-5-4-16-9-25(40-3)23(17-8-18(28(33)38)15-34-14-17)13-24(16)27(22)37(35-26)21-11-19(31)10-20(32)12-21/h8-15H,4-7H2,1-3H3,(H2,33,38). The van der Waals surface area contributed by atoms with E-state index in [1.807, 2.05) is 26.0 Å². The Kier molecular flexibility index (Phi) is 6.76. The van der Waals surface area contributed by atoms with Gasteiger partial charge in [-0.2, -0.15) is 5.10 Å². The number of aryl methyl sites for hydroxylation is 1. The lowest BCUT2D eigenvalue weighted by Gasteiger charge is -2.29. The first-order chi connectivity index (χ1) is 19.6. The van der Waals surface area contributed by atoms with E-state index in [4.69, 9.17) is 43.5 Å². The van der Waals surface area contributed by atoms with E-state index in [1.165, 1.54) is 6.20 Å². The van der Waals surface area contributed by atoms with Crippen molar-refractivity contribution in [3.8, 4) is 33.8 Å². The Balaban J connectivity index is 1.60. The van der Waals surface area contributed by atoms with Crippen LogP contribution in [0.2, 0.25) is 10.0 Å². The number of aromatic nitrogens is 3. The number of halogens is 2. The lowest BCUT2D eigenvalue weighted by Crippen LogP contribution is -2.44. The highest BCUT2D eigenvalue weighted by Crippen LogP contribution is 2.44. The van der Waals surface area contributed by atoms with Gasteiger partial charge in [-0.25, -0.2) is 4.68 Å². The van der Waals surface area contributed by atoms with E-state index < -0.39 is 11.6 Å². The van der Waals surface area contributed by atoms with Crippen LogP contribution in [0.25, 0.3) is 28.1 Å². The van der Waals surface area contributed by atoms with Gasteiger partial charge in [0.1, 0.15) is 11.5 Å². The number of carbonyl (C=O) groups excluding carboxylic acids is 2. The molecule has 0 spiro atoms. The summed E-state index contributed by atoms with van der Waals surface area (Å²) in [5.41, 5.74) is 10.9. The number of methoxy groups -OCH3 is 1. The molecule has 210 valence electrons. The highest BCUT2D eigenvalue weighted by Gasteiger charge is 2.40. The first-order valence-electron chi connectivity index (χ1n) is 13.1. The van der Waals surface area contributed by atoms with E-state index in [0.717, 1.165) is 22.4 Å². The van der Waals surface area contributed by atoms with Crippen molar-refractivity contribution in [3.63, 3.8) is 0 Å². The first-order valence-corrected chi connectivity index (χ1v) is 13.8. The number of carbonyl (C=O) groups is 2. The Hall–Kier alpha value is -3.92. The molecule has 2 aromatic heterocycles. The summed E-state index contributed by atoms with van der Waals surface area (Å²) in [4.78, 5) is 31.8. The van der Waals surface area contributed by atoms with Gasteiger partial charge in [-0.1, -0.05) is 23.2 Å². The van der Waals surface area contributed by atoms with Gasteiger partial charge in [0.15, 0.2) is 5.69 Å². The molecule has 0 bridgehead atoms. The van der Waals surface area contributed by atoms with Gasteiger partial charge >= 0.3 is 0 Å². The van der Waals surface area contributed by atoms with Gasteiger partial charge in [0.25, 0.3) is 5.91 Å². The number of benzene rings is 2. The van der Waals surface area contributed by atoms with Gasteiger partial charge in [-0.3, -0.25) is 14.6 Å². The van der Waals surface area contributed by atoms with Crippen LogP contribution in [0.1, 0.15) is 45.8 Å². The summed E-state index contributed by atoms with van der Waals surface area (Å²) in [6.07, 6.45) is 4.34. The fourth-order valence-electron chi connectivity index (χ4n) is 5.62. The second kappa shape index (κ2) is 10.2. The van der Waals surface area contributed by atoms with Crippen LogP contribution < -0.4 is 10.5 Å². The fourth-order valence-corrected chi connectivity index (χ4v) is 6.13. The van der Waals surface area contributed by atoms with Crippen LogP contribution in [-0.4, -0.2) is 57.5 Å². The number of rotatable bonds is 5. The Bertz CT molecular complexity index is 1710. The van der Waals surface area contributed by atoms with E-state index >= 15 is 0 Å². The Labute approximate surface area is 246 Å². The van der Waals surface area contributed by atoms with Gasteiger partial charge in [0.2, 0.25) is 5.91 Å². The number of nitrogens with two attached hydrogens (primary N) is 1. The second-order valence-corrected chi connectivity index (χ2v) is 11.4. The van der Waals surface area contributed by atoms with Crippen LogP contribution in [-0.2, 0) is 17.6 Å². The third-order valence-corrected chi connectivity index (χ3v) is 8.04. The number of hydrogen-bond acceptors (Lipinski definition) is 6. The molecule has 2 aliphatic rings. The molecule has 11 heteroatoms. The minimum atomic E-state index is -0.751. The molecule has 0 radical (unpaired) electrons. The average molecular weight is 592 g/mol. The van der Waals surface area contributed by atoms with Crippen LogP contribution >= 0.6 is 23.2 Å². The van der Waals surface area contributed by atoms with Crippen LogP contribution in [0.5, 0.6) is 5.75 Å². The SMILES string of the molecule is COc1cc2c(cc1-c1cncc(C(N)=O)c1)-c1c(c(C(=O)N3CCOC3(C)C)nn1-c1cc(Cl)cc(Cl)c1)CC2. The molecule has 2 N–H and O–H groups in total. The summed E-state index contributed by atoms with van der Waals surface area (Å²) in [5.74, 6) is -0.155. The Morgan fingerprint density at radius 3 is 2.44 bits per heavy atom. The zero-order valence-electron chi connectivity index (χ0n) is 22.7. The smallest absolute Gasteiger partial charge is 0.276 e. The van der Waals surface area contributed by atoms with Gasteiger partial charge in [0.05, 0.1) is 30.7 Å². The maximum atomic E-state index is 14.0. The molecule has 1 saturated heterocycles. The summed E-state index contributed by atoms with van der Waals surface area (Å²) < 4.78 is 13.3. The number of nitrogens with zero attached hydrogens (tertiary/aromatic N) is 4. The molecule has 1 aliphatic heterocycles. The minimum absolute atomic E-state index is 0.203. The number of ether oxygens (including phenoxy) is 2. The summed E-state index contributed by atoms with van der Waals surface area (Å²) in [6, 6.07) is 10.8. The van der Waals surface area contributed by atoms with Gasteiger partial charge < -0.3 is 20.1 Å². The number of primary amides is 1. The van der Waals surface area contributed by atoms with Crippen LogP contribution in [0.3, 0.4) is 0 Å². The topological polar surface area (TPSA) is 113 Å². The maximum absolute atomic E-state index is 14.0. The number of amides is 2. The third kappa shape index (κ3) is 4.73. The lowest BCUT2D eigenvalue weighted by molar-refractivity contribution is -0.0382. The van der Waals surface area contributed by atoms with Crippen molar-refractivity contribution in [1.82, 2.24) is 19.7 Å². The molecular formula is C30H27Cl2N5O4. The monoisotopic (exact) mass is 591 g/mol. The lowest BCUT2D eigenvalue weighted by atomic mass is 9.86. The van der Waals surface area contributed by atoms with Crippen LogP contribution in [0.4, 0.5) is 0 Å². The maximum Gasteiger partial charge on any atom is 0.276 e. The van der Waals surface area contributed by atoms with Crippen molar-refractivity contribution in [2.75, 3.05) is 20.3 Å². The van der Waals surface area contributed by atoms with Gasteiger partial charge in [-0.05, 0) is 68.7 Å². The highest BCUT2D eigenvalue weighted by atomic mass is 35.5.